The number of carbonyl (C=O) groups excluding carboxylic acids is 3. The molecule has 3 aromatic rings. The van der Waals surface area contributed by atoms with Gasteiger partial charge in [-0.25, -0.2) is 0 Å². The van der Waals surface area contributed by atoms with E-state index in [2.05, 4.69) is 10.3 Å². The number of anilines is 1. The van der Waals surface area contributed by atoms with Crippen molar-refractivity contribution in [3.05, 3.63) is 68.1 Å². The Hall–Kier alpha value is -4.10. The normalized spacial score (nSPS) is 26.3. The van der Waals surface area contributed by atoms with Gasteiger partial charge in [0.15, 0.2) is 18.1 Å². The number of fused-ring (bicyclic) bond motifs is 9. The van der Waals surface area contributed by atoms with E-state index in [9.17, 15) is 24.0 Å². The van der Waals surface area contributed by atoms with Crippen molar-refractivity contribution >= 4 is 52.5 Å². The molecule has 49 heavy (non-hydrogen) atoms. The number of nitrogens with zero attached hydrogens (tertiary/aromatic N) is 1. The first-order chi connectivity index (χ1) is 23.6. The van der Waals surface area contributed by atoms with Gasteiger partial charge in [-0.05, 0) is 86.3 Å². The lowest BCUT2D eigenvalue weighted by Crippen LogP contribution is -2.42. The maximum Gasteiger partial charge on any atom is 0.305 e. The van der Waals surface area contributed by atoms with Crippen LogP contribution < -0.4 is 19.7 Å². The lowest BCUT2D eigenvalue weighted by Gasteiger charge is -2.43. The second kappa shape index (κ2) is 13.7. The summed E-state index contributed by atoms with van der Waals surface area (Å²) < 4.78 is 12.0. The summed E-state index contributed by atoms with van der Waals surface area (Å²) in [5.74, 6) is -1.36. The van der Waals surface area contributed by atoms with Gasteiger partial charge in [-0.2, -0.15) is 0 Å². The van der Waals surface area contributed by atoms with E-state index >= 15 is 0 Å². The van der Waals surface area contributed by atoms with Crippen molar-refractivity contribution in [3.8, 4) is 11.5 Å². The molecule has 4 aliphatic rings. The summed E-state index contributed by atoms with van der Waals surface area (Å²) in [6, 6.07) is 13.2. The summed E-state index contributed by atoms with van der Waals surface area (Å²) in [7, 11) is 0. The molecule has 7 atom stereocenters. The minimum Gasteiger partial charge on any atom is -0.490 e. The predicted molar refractivity (Wildman–Crippen MR) is 184 cm³/mol. The lowest BCUT2D eigenvalue weighted by atomic mass is 9.68. The number of aromatic amines is 1. The number of hydrogen-bond acceptors (Lipinski definition) is 9. The molecule has 0 radical (unpaired) electrons. The first kappa shape index (κ1) is 33.4. The highest BCUT2D eigenvalue weighted by molar-refractivity contribution is 8.00. The van der Waals surface area contributed by atoms with Crippen LogP contribution >= 0.6 is 23.1 Å². The Labute approximate surface area is 291 Å². The maximum atomic E-state index is 13.9. The van der Waals surface area contributed by atoms with E-state index in [1.807, 2.05) is 50.2 Å². The molecule has 3 amide bonds. The summed E-state index contributed by atoms with van der Waals surface area (Å²) in [5.41, 5.74) is 2.65. The van der Waals surface area contributed by atoms with Gasteiger partial charge in [-0.1, -0.05) is 36.0 Å². The van der Waals surface area contributed by atoms with Crippen molar-refractivity contribution in [2.75, 3.05) is 25.1 Å². The van der Waals surface area contributed by atoms with Gasteiger partial charge in [0.1, 0.15) is 0 Å². The number of amides is 3. The van der Waals surface area contributed by atoms with Gasteiger partial charge in [-0.3, -0.25) is 28.9 Å². The van der Waals surface area contributed by atoms with Crippen LogP contribution in [0.1, 0.15) is 60.9 Å². The van der Waals surface area contributed by atoms with Gasteiger partial charge < -0.3 is 24.9 Å². The Kier molecular flexibility index (Phi) is 9.31. The molecule has 3 heterocycles. The Bertz CT molecular complexity index is 1860. The fraction of sp³-hybridized carbons (Fsp3) is 0.472. The van der Waals surface area contributed by atoms with E-state index < -0.39 is 5.97 Å². The fourth-order valence-electron chi connectivity index (χ4n) is 8.56. The van der Waals surface area contributed by atoms with Gasteiger partial charge in [0.05, 0.1) is 23.5 Å². The Morgan fingerprint density at radius 3 is 2.55 bits per heavy atom. The number of thioether (sulfide) groups is 1. The smallest absolute Gasteiger partial charge is 0.305 e. The van der Waals surface area contributed by atoms with Crippen LogP contribution in [0.4, 0.5) is 5.69 Å². The number of imide groups is 1. The SMILES string of the molecule is CCOc1cc([C@H]2c3sc(=O)[nH]c3SC3C4CC(C5C(=O)N(CCCCCC(=O)O)C(=O)C45)C32)ccc1OCC(=O)Nc1cccc(C)c1. The second-order valence-electron chi connectivity index (χ2n) is 13.3. The van der Waals surface area contributed by atoms with Crippen molar-refractivity contribution < 1.29 is 33.8 Å². The van der Waals surface area contributed by atoms with E-state index in [4.69, 9.17) is 14.6 Å². The van der Waals surface area contributed by atoms with Gasteiger partial charge in [0.2, 0.25) is 11.8 Å². The third-order valence-corrected chi connectivity index (χ3v) is 13.0. The molecular weight excluding hydrogens is 667 g/mol. The molecular formula is C36H39N3O8S2. The predicted octanol–water partition coefficient (Wildman–Crippen LogP) is 5.28. The number of H-pyrrole nitrogens is 1. The van der Waals surface area contributed by atoms with Crippen LogP contribution in [0.5, 0.6) is 11.5 Å². The molecule has 258 valence electrons. The number of ether oxygens (including phenoxy) is 2. The molecule has 0 spiro atoms. The zero-order chi connectivity index (χ0) is 34.4. The molecule has 1 saturated heterocycles. The molecule has 6 unspecified atom stereocenters. The van der Waals surface area contributed by atoms with E-state index in [1.54, 1.807) is 17.8 Å². The summed E-state index contributed by atoms with van der Waals surface area (Å²) >= 11 is 2.83. The Morgan fingerprint density at radius 2 is 1.80 bits per heavy atom. The van der Waals surface area contributed by atoms with Crippen molar-refractivity contribution in [1.29, 1.82) is 0 Å². The summed E-state index contributed by atoms with van der Waals surface area (Å²) in [5, 5.41) is 12.7. The monoisotopic (exact) mass is 705 g/mol. The number of benzene rings is 2. The largest absolute Gasteiger partial charge is 0.490 e. The molecule has 2 aliphatic heterocycles. The van der Waals surface area contributed by atoms with Gasteiger partial charge >= 0.3 is 10.8 Å². The number of thiazole rings is 1. The highest BCUT2D eigenvalue weighted by Gasteiger charge is 2.69. The number of nitrogens with one attached hydrogen (secondary N) is 2. The topological polar surface area (TPSA) is 155 Å². The maximum absolute atomic E-state index is 13.9. The van der Waals surface area contributed by atoms with Crippen LogP contribution in [0, 0.1) is 36.5 Å². The number of aryl methyl sites for hydroxylation is 1. The summed E-state index contributed by atoms with van der Waals surface area (Å²) in [6.07, 6.45) is 2.60. The van der Waals surface area contributed by atoms with Gasteiger partial charge in [0, 0.05) is 34.7 Å². The zero-order valence-electron chi connectivity index (χ0n) is 27.3. The number of aromatic nitrogens is 1. The van der Waals surface area contributed by atoms with Gasteiger partial charge in [0.25, 0.3) is 5.91 Å². The molecule has 2 aliphatic carbocycles. The standard InChI is InChI=1S/C36H39N3O8S2/c1-3-46-24-15-19(11-12-23(24)47-17-25(40)37-20-9-7-8-18(2)14-20)27-28-21-16-22(31(28)48-33-32(27)49-36(45)38-33)30-29(21)34(43)39(35(30)44)13-6-4-5-10-26(41)42/h7-9,11-12,14-15,21-22,27-31H,3-6,10,13,16-17H2,1-2H3,(H,37,40)(H,38,45)(H,41,42)/t21?,22?,27-,28?,29?,30?,31?/m1/s1. The molecule has 1 aromatic heterocycles. The molecule has 3 fully saturated rings. The first-order valence-corrected chi connectivity index (χ1v) is 18.6. The molecule has 2 bridgehead atoms. The fourth-order valence-corrected chi connectivity index (χ4v) is 11.5. The van der Waals surface area contributed by atoms with Crippen LogP contribution in [0.2, 0.25) is 0 Å². The number of rotatable bonds is 13. The Balaban J connectivity index is 1.13. The number of unbranched alkanes of at least 4 members (excludes halogenated alkanes) is 2. The third-order valence-electron chi connectivity index (χ3n) is 10.4. The van der Waals surface area contributed by atoms with Crippen LogP contribution in [-0.2, 0) is 19.2 Å². The molecule has 3 N–H and O–H groups in total. The van der Waals surface area contributed by atoms with Crippen molar-refractivity contribution in [1.82, 2.24) is 9.88 Å². The average molecular weight is 706 g/mol. The van der Waals surface area contributed by atoms with E-state index in [0.29, 0.717) is 49.6 Å². The zero-order valence-corrected chi connectivity index (χ0v) is 28.9. The highest BCUT2D eigenvalue weighted by Crippen LogP contribution is 2.68. The molecule has 2 saturated carbocycles. The van der Waals surface area contributed by atoms with Crippen LogP contribution in [0.25, 0.3) is 0 Å². The molecule has 2 aromatic carbocycles. The molecule has 11 nitrogen and oxygen atoms in total. The second-order valence-corrected chi connectivity index (χ2v) is 15.5. The lowest BCUT2D eigenvalue weighted by molar-refractivity contribution is -0.141. The molecule has 7 rings (SSSR count). The van der Waals surface area contributed by atoms with Crippen LogP contribution in [-0.4, -0.2) is 63.7 Å². The summed E-state index contributed by atoms with van der Waals surface area (Å²) in [6.45, 7) is 4.32. The number of aliphatic carboxylic acids is 1. The third kappa shape index (κ3) is 6.27. The number of hydrogen-bond donors (Lipinski definition) is 3. The molecule has 13 heteroatoms. The minimum atomic E-state index is -0.846. The number of carboxylic acids is 1. The highest BCUT2D eigenvalue weighted by atomic mass is 32.2. The number of carbonyl (C=O) groups is 4. The van der Waals surface area contributed by atoms with E-state index in [1.165, 1.54) is 16.2 Å². The van der Waals surface area contributed by atoms with Crippen molar-refractivity contribution in [2.45, 2.75) is 62.1 Å². The van der Waals surface area contributed by atoms with Crippen LogP contribution in [0.3, 0.4) is 0 Å². The van der Waals surface area contributed by atoms with E-state index in [-0.39, 0.29) is 76.4 Å². The average Bonchev–Trinajstić information content (AvgIpc) is 3.79. The Morgan fingerprint density at radius 1 is 1.00 bits per heavy atom. The van der Waals surface area contributed by atoms with Crippen molar-refractivity contribution in [2.24, 2.45) is 29.6 Å². The van der Waals surface area contributed by atoms with Crippen molar-refractivity contribution in [3.63, 3.8) is 0 Å². The summed E-state index contributed by atoms with van der Waals surface area (Å²) in [4.78, 5) is 69.1. The minimum absolute atomic E-state index is 0.0124. The number of carboxylic acid groups (broad SMARTS) is 1. The number of likely N-dealkylation sites (tertiary alicyclic amines) is 1. The first-order valence-electron chi connectivity index (χ1n) is 16.9. The van der Waals surface area contributed by atoms with Crippen LogP contribution in [0.15, 0.2) is 52.3 Å². The quantitative estimate of drug-likeness (QED) is 0.159. The van der Waals surface area contributed by atoms with E-state index in [0.717, 1.165) is 27.5 Å². The van der Waals surface area contributed by atoms with Gasteiger partial charge in [-0.15, -0.1) is 11.8 Å².